The number of hydrogen-bond acceptors (Lipinski definition) is 4. The summed E-state index contributed by atoms with van der Waals surface area (Å²) in [4.78, 5) is 2.13. The van der Waals surface area contributed by atoms with Gasteiger partial charge in [-0.05, 0) is 45.0 Å². The molecule has 1 aromatic rings. The molecule has 0 fully saturated rings. The molecule has 0 atom stereocenters. The third-order valence-corrected chi connectivity index (χ3v) is 3.06. The molecule has 0 unspecified atom stereocenters. The Kier molecular flexibility index (Phi) is 7.41. The molecule has 114 valence electrons. The topological polar surface area (TPSA) is 44.7 Å². The van der Waals surface area contributed by atoms with Crippen molar-refractivity contribution in [1.82, 2.24) is 5.32 Å². The van der Waals surface area contributed by atoms with Crippen molar-refractivity contribution in [2.45, 2.75) is 40.3 Å². The fraction of sp³-hybridized carbons (Fsp3) is 0.625. The van der Waals surface area contributed by atoms with Gasteiger partial charge in [-0.2, -0.15) is 0 Å². The molecule has 1 rings (SSSR count). The number of ether oxygens (including phenoxy) is 1. The Bertz CT molecular complexity index is 394. The maximum atomic E-state index is 9.18. The van der Waals surface area contributed by atoms with Crippen molar-refractivity contribution in [2.24, 2.45) is 0 Å². The second-order valence-electron chi connectivity index (χ2n) is 5.05. The van der Waals surface area contributed by atoms with Gasteiger partial charge in [0.1, 0.15) is 5.75 Å². The van der Waals surface area contributed by atoms with E-state index < -0.39 is 0 Å². The van der Waals surface area contributed by atoms with Crippen molar-refractivity contribution < 1.29 is 9.84 Å². The lowest BCUT2D eigenvalue weighted by molar-refractivity contribution is 0.242. The van der Waals surface area contributed by atoms with Gasteiger partial charge in [0, 0.05) is 19.6 Å². The molecule has 4 nitrogen and oxygen atoms in total. The Morgan fingerprint density at radius 3 is 2.60 bits per heavy atom. The SMILES string of the molecule is CCNCc1ccc(N(CC)CCO)c(OC(C)C)c1. The summed E-state index contributed by atoms with van der Waals surface area (Å²) < 4.78 is 5.94. The molecule has 0 aromatic heterocycles. The highest BCUT2D eigenvalue weighted by Crippen LogP contribution is 2.30. The molecule has 2 N–H and O–H groups in total. The second-order valence-corrected chi connectivity index (χ2v) is 5.05. The van der Waals surface area contributed by atoms with E-state index in [9.17, 15) is 5.11 Å². The molecule has 1 aromatic carbocycles. The molecule has 0 heterocycles. The number of nitrogens with one attached hydrogen (secondary N) is 1. The maximum Gasteiger partial charge on any atom is 0.143 e. The summed E-state index contributed by atoms with van der Waals surface area (Å²) in [6.07, 6.45) is 0.135. The summed E-state index contributed by atoms with van der Waals surface area (Å²) in [7, 11) is 0. The summed E-state index contributed by atoms with van der Waals surface area (Å²) in [6, 6.07) is 6.30. The minimum absolute atomic E-state index is 0.135. The standard InChI is InChI=1S/C16H28N2O2/c1-5-17-12-14-7-8-15(18(6-2)9-10-19)16(11-14)20-13(3)4/h7-8,11,13,17,19H,5-6,9-10,12H2,1-4H3. The van der Waals surface area contributed by atoms with Crippen LogP contribution >= 0.6 is 0 Å². The lowest BCUT2D eigenvalue weighted by Crippen LogP contribution is -2.27. The molecule has 0 amide bonds. The third kappa shape index (κ3) is 5.02. The van der Waals surface area contributed by atoms with E-state index in [1.54, 1.807) is 0 Å². The van der Waals surface area contributed by atoms with Crippen molar-refractivity contribution in [2.75, 3.05) is 31.1 Å². The van der Waals surface area contributed by atoms with Crippen LogP contribution in [0.3, 0.4) is 0 Å². The molecule has 0 saturated carbocycles. The summed E-state index contributed by atoms with van der Waals surface area (Å²) in [5.41, 5.74) is 2.27. The lowest BCUT2D eigenvalue weighted by atomic mass is 10.1. The van der Waals surface area contributed by atoms with E-state index in [1.165, 1.54) is 5.56 Å². The second kappa shape index (κ2) is 8.82. The molecule has 0 bridgehead atoms. The van der Waals surface area contributed by atoms with E-state index in [-0.39, 0.29) is 12.7 Å². The van der Waals surface area contributed by atoms with E-state index in [4.69, 9.17) is 4.74 Å². The van der Waals surface area contributed by atoms with Crippen LogP contribution in [0.2, 0.25) is 0 Å². The van der Waals surface area contributed by atoms with Crippen LogP contribution in [0.4, 0.5) is 5.69 Å². The van der Waals surface area contributed by atoms with Crippen molar-refractivity contribution >= 4 is 5.69 Å². The highest BCUT2D eigenvalue weighted by atomic mass is 16.5. The van der Waals surface area contributed by atoms with Gasteiger partial charge in [-0.15, -0.1) is 0 Å². The lowest BCUT2D eigenvalue weighted by Gasteiger charge is -2.26. The summed E-state index contributed by atoms with van der Waals surface area (Å²) in [6.45, 7) is 11.7. The number of aliphatic hydroxyl groups excluding tert-OH is 1. The van der Waals surface area contributed by atoms with Crippen LogP contribution in [-0.4, -0.2) is 37.5 Å². The molecule has 0 aliphatic heterocycles. The first kappa shape index (κ1) is 16.8. The van der Waals surface area contributed by atoms with E-state index in [0.29, 0.717) is 6.54 Å². The summed E-state index contributed by atoms with van der Waals surface area (Å²) >= 11 is 0. The predicted molar refractivity (Wildman–Crippen MR) is 84.6 cm³/mol. The van der Waals surface area contributed by atoms with E-state index >= 15 is 0 Å². The quantitative estimate of drug-likeness (QED) is 0.729. The van der Waals surface area contributed by atoms with Crippen LogP contribution in [0.1, 0.15) is 33.3 Å². The van der Waals surface area contributed by atoms with Gasteiger partial charge < -0.3 is 20.1 Å². The zero-order valence-corrected chi connectivity index (χ0v) is 13.1. The first-order valence-corrected chi connectivity index (χ1v) is 7.48. The molecular weight excluding hydrogens is 252 g/mol. The van der Waals surface area contributed by atoms with Gasteiger partial charge >= 0.3 is 0 Å². The average Bonchev–Trinajstić information content (AvgIpc) is 2.42. The Morgan fingerprint density at radius 1 is 1.30 bits per heavy atom. The fourth-order valence-corrected chi connectivity index (χ4v) is 2.12. The number of nitrogens with zero attached hydrogens (tertiary/aromatic N) is 1. The molecule has 4 heteroatoms. The van der Waals surface area contributed by atoms with E-state index in [2.05, 4.69) is 42.3 Å². The largest absolute Gasteiger partial charge is 0.489 e. The first-order valence-electron chi connectivity index (χ1n) is 7.48. The van der Waals surface area contributed by atoms with Gasteiger partial charge in [0.2, 0.25) is 0 Å². The van der Waals surface area contributed by atoms with Crippen LogP contribution < -0.4 is 15.0 Å². The van der Waals surface area contributed by atoms with Gasteiger partial charge in [0.25, 0.3) is 0 Å². The van der Waals surface area contributed by atoms with Gasteiger partial charge in [0.15, 0.2) is 0 Å². The van der Waals surface area contributed by atoms with Crippen LogP contribution in [-0.2, 0) is 6.54 Å². The highest BCUT2D eigenvalue weighted by Gasteiger charge is 2.12. The molecule has 0 aliphatic rings. The summed E-state index contributed by atoms with van der Waals surface area (Å²) in [5.74, 6) is 0.894. The van der Waals surface area contributed by atoms with Crippen LogP contribution in [0.25, 0.3) is 0 Å². The number of benzene rings is 1. The number of hydrogen-bond donors (Lipinski definition) is 2. The zero-order chi connectivity index (χ0) is 15.0. The Labute approximate surface area is 122 Å². The monoisotopic (exact) mass is 280 g/mol. The molecule has 0 spiro atoms. The average molecular weight is 280 g/mol. The summed E-state index contributed by atoms with van der Waals surface area (Å²) in [5, 5.41) is 12.5. The predicted octanol–water partition coefficient (Wildman–Crippen LogP) is 2.40. The van der Waals surface area contributed by atoms with Crippen molar-refractivity contribution in [3.63, 3.8) is 0 Å². The number of anilines is 1. The molecule has 0 aliphatic carbocycles. The Morgan fingerprint density at radius 2 is 2.05 bits per heavy atom. The number of likely N-dealkylation sites (N-methyl/N-ethyl adjacent to an activating group) is 1. The van der Waals surface area contributed by atoms with Crippen molar-refractivity contribution in [3.05, 3.63) is 23.8 Å². The fourth-order valence-electron chi connectivity index (χ4n) is 2.12. The van der Waals surface area contributed by atoms with Gasteiger partial charge in [-0.1, -0.05) is 13.0 Å². The van der Waals surface area contributed by atoms with Crippen LogP contribution in [0.15, 0.2) is 18.2 Å². The third-order valence-electron chi connectivity index (χ3n) is 3.06. The number of aliphatic hydroxyl groups is 1. The van der Waals surface area contributed by atoms with Crippen molar-refractivity contribution in [1.29, 1.82) is 0 Å². The normalized spacial score (nSPS) is 10.9. The Hall–Kier alpha value is -1.26. The molecule has 20 heavy (non-hydrogen) atoms. The molecule has 0 radical (unpaired) electrons. The smallest absolute Gasteiger partial charge is 0.143 e. The van der Waals surface area contributed by atoms with Crippen molar-refractivity contribution in [3.8, 4) is 5.75 Å². The van der Waals surface area contributed by atoms with Gasteiger partial charge in [0.05, 0.1) is 18.4 Å². The van der Waals surface area contributed by atoms with Gasteiger partial charge in [-0.3, -0.25) is 0 Å². The van der Waals surface area contributed by atoms with Gasteiger partial charge in [-0.25, -0.2) is 0 Å². The van der Waals surface area contributed by atoms with Crippen LogP contribution in [0.5, 0.6) is 5.75 Å². The Balaban J connectivity index is 3.01. The minimum Gasteiger partial charge on any atom is -0.489 e. The zero-order valence-electron chi connectivity index (χ0n) is 13.1. The molecule has 0 saturated heterocycles. The highest BCUT2D eigenvalue weighted by molar-refractivity contribution is 5.60. The maximum absolute atomic E-state index is 9.18. The first-order chi connectivity index (χ1) is 9.62. The van der Waals surface area contributed by atoms with Crippen LogP contribution in [0, 0.1) is 0 Å². The molecular formula is C16H28N2O2. The number of rotatable bonds is 9. The van der Waals surface area contributed by atoms with E-state index in [1.807, 2.05) is 13.8 Å². The minimum atomic E-state index is 0.135. The van der Waals surface area contributed by atoms with E-state index in [0.717, 1.165) is 31.1 Å².